The topological polar surface area (TPSA) is 67.8 Å². The zero-order valence-corrected chi connectivity index (χ0v) is 18.4. The highest BCUT2D eigenvalue weighted by Crippen LogP contribution is 2.40. The van der Waals surface area contributed by atoms with Gasteiger partial charge in [-0.2, -0.15) is 0 Å². The molecular formula is C23H28ClFNO4. The van der Waals surface area contributed by atoms with Crippen molar-refractivity contribution in [3.05, 3.63) is 64.3 Å². The molecule has 7 heteroatoms. The number of aliphatic hydroxyl groups is 1. The van der Waals surface area contributed by atoms with Gasteiger partial charge in [-0.15, -0.1) is 0 Å². The average Bonchev–Trinajstić information content (AvgIpc) is 2.73. The highest BCUT2D eigenvalue weighted by Gasteiger charge is 2.27. The van der Waals surface area contributed by atoms with Crippen LogP contribution in [0, 0.1) is 18.7 Å². The maximum atomic E-state index is 14.5. The third kappa shape index (κ3) is 5.12. The summed E-state index contributed by atoms with van der Waals surface area (Å²) in [7, 11) is 2.95. The Bertz CT molecular complexity index is 888. The first kappa shape index (κ1) is 24.1. The van der Waals surface area contributed by atoms with Crippen LogP contribution in [0.5, 0.6) is 11.5 Å². The molecule has 163 valence electrons. The summed E-state index contributed by atoms with van der Waals surface area (Å²) in [6.07, 6.45) is 0.839. The minimum Gasteiger partial charge on any atom is -0.496 e. The molecule has 0 fully saturated rings. The van der Waals surface area contributed by atoms with Crippen molar-refractivity contribution in [2.75, 3.05) is 20.8 Å². The fourth-order valence-electron chi connectivity index (χ4n) is 3.44. The number of aldehydes is 1. The first-order valence-corrected chi connectivity index (χ1v) is 10.0. The van der Waals surface area contributed by atoms with Crippen LogP contribution in [0.1, 0.15) is 46.9 Å². The van der Waals surface area contributed by atoms with E-state index in [2.05, 4.69) is 12.2 Å². The van der Waals surface area contributed by atoms with E-state index < -0.39 is 11.9 Å². The molecule has 2 N–H and O–H groups in total. The monoisotopic (exact) mass is 436 g/mol. The normalized spacial score (nSPS) is 13.2. The zero-order valence-electron chi connectivity index (χ0n) is 17.7. The summed E-state index contributed by atoms with van der Waals surface area (Å²) in [5, 5.41) is 13.0. The number of rotatable bonds is 10. The Morgan fingerprint density at radius 1 is 1.23 bits per heavy atom. The van der Waals surface area contributed by atoms with E-state index in [0.717, 1.165) is 0 Å². The smallest absolute Gasteiger partial charge is 0.153 e. The molecule has 2 aromatic carbocycles. The van der Waals surface area contributed by atoms with E-state index >= 15 is 0 Å². The predicted octanol–water partition coefficient (Wildman–Crippen LogP) is 4.38. The molecule has 0 spiro atoms. The minimum absolute atomic E-state index is 0.0234. The fraction of sp³-hybridized carbons (Fsp3) is 0.391. The van der Waals surface area contributed by atoms with Crippen LogP contribution in [0.3, 0.4) is 0 Å². The Balaban J connectivity index is 2.63. The number of aliphatic hydroxyl groups excluding tert-OH is 1. The van der Waals surface area contributed by atoms with Crippen molar-refractivity contribution in [2.24, 2.45) is 5.92 Å². The van der Waals surface area contributed by atoms with Gasteiger partial charge in [-0.3, -0.25) is 4.79 Å². The van der Waals surface area contributed by atoms with Crippen LogP contribution in [-0.4, -0.2) is 38.3 Å². The van der Waals surface area contributed by atoms with Gasteiger partial charge in [0.25, 0.3) is 0 Å². The van der Waals surface area contributed by atoms with Crippen LogP contribution in [0.2, 0.25) is 5.02 Å². The molecule has 0 heterocycles. The summed E-state index contributed by atoms with van der Waals surface area (Å²) >= 11 is 5.92. The van der Waals surface area contributed by atoms with Gasteiger partial charge in [0.15, 0.2) is 6.29 Å². The van der Waals surface area contributed by atoms with Gasteiger partial charge >= 0.3 is 0 Å². The molecule has 0 aliphatic rings. The van der Waals surface area contributed by atoms with Crippen molar-refractivity contribution < 1.29 is 23.8 Å². The average molecular weight is 437 g/mol. The second kappa shape index (κ2) is 10.8. The Morgan fingerprint density at radius 2 is 1.90 bits per heavy atom. The lowest BCUT2D eigenvalue weighted by Gasteiger charge is -2.28. The van der Waals surface area contributed by atoms with Crippen molar-refractivity contribution in [3.8, 4) is 11.5 Å². The molecule has 5 nitrogen and oxygen atoms in total. The number of hydrogen-bond donors (Lipinski definition) is 2. The Hall–Kier alpha value is -2.15. The van der Waals surface area contributed by atoms with Crippen molar-refractivity contribution in [1.82, 2.24) is 5.32 Å². The fourth-order valence-corrected chi connectivity index (χ4v) is 3.64. The van der Waals surface area contributed by atoms with E-state index in [1.165, 1.54) is 20.3 Å². The number of benzene rings is 2. The molecule has 2 rings (SSSR count). The van der Waals surface area contributed by atoms with Gasteiger partial charge in [0.05, 0.1) is 37.0 Å². The van der Waals surface area contributed by atoms with E-state index in [0.29, 0.717) is 40.0 Å². The summed E-state index contributed by atoms with van der Waals surface area (Å²) in [6, 6.07) is 5.61. The van der Waals surface area contributed by atoms with E-state index in [1.807, 2.05) is 13.8 Å². The van der Waals surface area contributed by atoms with Crippen LogP contribution in [0.4, 0.5) is 4.39 Å². The first-order chi connectivity index (χ1) is 14.3. The number of ether oxygens (including phenoxy) is 2. The number of carbonyl (C=O) groups is 1. The van der Waals surface area contributed by atoms with Crippen LogP contribution < -0.4 is 14.8 Å². The van der Waals surface area contributed by atoms with Crippen LogP contribution in [0.25, 0.3) is 0 Å². The maximum Gasteiger partial charge on any atom is 0.153 e. The number of halogens is 2. The molecule has 2 atom stereocenters. The summed E-state index contributed by atoms with van der Waals surface area (Å²) in [5.41, 5.74) is 1.79. The second-order valence-corrected chi connectivity index (χ2v) is 7.77. The molecule has 2 aromatic rings. The molecule has 1 unspecified atom stereocenters. The molecule has 30 heavy (non-hydrogen) atoms. The van der Waals surface area contributed by atoms with E-state index in [9.17, 15) is 14.3 Å². The van der Waals surface area contributed by atoms with Gasteiger partial charge in [-0.1, -0.05) is 37.6 Å². The highest BCUT2D eigenvalue weighted by atomic mass is 35.5. The van der Waals surface area contributed by atoms with Crippen LogP contribution in [-0.2, 0) is 6.42 Å². The molecule has 0 aliphatic heterocycles. The van der Waals surface area contributed by atoms with Crippen LogP contribution in [0.15, 0.2) is 24.3 Å². The minimum atomic E-state index is -0.558. The van der Waals surface area contributed by atoms with E-state index in [4.69, 9.17) is 21.1 Å². The van der Waals surface area contributed by atoms with Crippen LogP contribution >= 0.6 is 11.6 Å². The number of carbonyl (C=O) groups excluding carboxylic acids is 1. The van der Waals surface area contributed by atoms with Crippen molar-refractivity contribution in [3.63, 3.8) is 0 Å². The predicted molar refractivity (Wildman–Crippen MR) is 116 cm³/mol. The Kier molecular flexibility index (Phi) is 8.65. The van der Waals surface area contributed by atoms with E-state index in [-0.39, 0.29) is 30.0 Å². The maximum absolute atomic E-state index is 14.5. The summed E-state index contributed by atoms with van der Waals surface area (Å²) in [6.45, 7) is 8.03. The van der Waals surface area contributed by atoms with Gasteiger partial charge < -0.3 is 19.9 Å². The SMILES string of the molecule is [CH2]C(N[C@H](CO)C(C)C)c1c(OC)c(C=O)cc(Cc2cccc(Cl)c2F)c1OC. The molecule has 0 amide bonds. The van der Waals surface area contributed by atoms with Gasteiger partial charge in [-0.25, -0.2) is 4.39 Å². The summed E-state index contributed by atoms with van der Waals surface area (Å²) in [4.78, 5) is 11.8. The second-order valence-electron chi connectivity index (χ2n) is 7.36. The van der Waals surface area contributed by atoms with Gasteiger partial charge in [0.2, 0.25) is 0 Å². The molecule has 0 saturated heterocycles. The largest absolute Gasteiger partial charge is 0.496 e. The molecule has 1 radical (unpaired) electrons. The standard InChI is InChI=1S/C23H28ClFNO4/c1-13(2)19(12-28)26-14(3)20-22(29-4)16(10-17(11-27)23(20)30-5)9-15-7-6-8-18(24)21(15)25/h6-8,10-11,13-14,19,26,28H,3,9,12H2,1-2,4-5H3/t14?,19-/m1/s1. The quantitative estimate of drug-likeness (QED) is 0.541. The third-order valence-corrected chi connectivity index (χ3v) is 5.38. The lowest BCUT2D eigenvalue weighted by atomic mass is 9.93. The van der Waals surface area contributed by atoms with Gasteiger partial charge in [-0.05, 0) is 36.1 Å². The summed E-state index contributed by atoms with van der Waals surface area (Å²) in [5.74, 6) is 0.385. The summed E-state index contributed by atoms with van der Waals surface area (Å²) < 4.78 is 25.7. The number of hydrogen-bond acceptors (Lipinski definition) is 5. The third-order valence-electron chi connectivity index (χ3n) is 5.09. The van der Waals surface area contributed by atoms with Crippen molar-refractivity contribution in [1.29, 1.82) is 0 Å². The molecule has 0 aromatic heterocycles. The number of methoxy groups -OCH3 is 2. The highest BCUT2D eigenvalue weighted by molar-refractivity contribution is 6.30. The number of nitrogens with one attached hydrogen (secondary N) is 1. The zero-order chi connectivity index (χ0) is 22.4. The van der Waals surface area contributed by atoms with E-state index in [1.54, 1.807) is 18.2 Å². The first-order valence-electron chi connectivity index (χ1n) is 9.64. The molecule has 0 saturated carbocycles. The Labute approximate surface area is 182 Å². The molecular weight excluding hydrogens is 409 g/mol. The Morgan fingerprint density at radius 3 is 2.43 bits per heavy atom. The van der Waals surface area contributed by atoms with Crippen molar-refractivity contribution >= 4 is 17.9 Å². The van der Waals surface area contributed by atoms with Crippen molar-refractivity contribution in [2.45, 2.75) is 32.4 Å². The molecule has 0 aliphatic carbocycles. The molecule has 0 bridgehead atoms. The van der Waals surface area contributed by atoms with Gasteiger partial charge in [0.1, 0.15) is 17.3 Å². The van der Waals surface area contributed by atoms with Gasteiger partial charge in [0, 0.05) is 18.5 Å². The lowest BCUT2D eigenvalue weighted by molar-refractivity contribution is 0.112. The lowest BCUT2D eigenvalue weighted by Crippen LogP contribution is -2.39.